The van der Waals surface area contributed by atoms with Crippen LogP contribution < -0.4 is 10.2 Å². The Hall–Kier alpha value is -2.83. The molecule has 4 rings (SSSR count). The van der Waals surface area contributed by atoms with Gasteiger partial charge in [-0.1, -0.05) is 18.2 Å². The van der Waals surface area contributed by atoms with Gasteiger partial charge in [0, 0.05) is 30.5 Å². The van der Waals surface area contributed by atoms with Crippen LogP contribution in [0.2, 0.25) is 0 Å². The summed E-state index contributed by atoms with van der Waals surface area (Å²) in [5.41, 5.74) is 3.16. The highest BCUT2D eigenvalue weighted by molar-refractivity contribution is 5.98. The molecule has 7 nitrogen and oxygen atoms in total. The lowest BCUT2D eigenvalue weighted by Gasteiger charge is -2.35. The molecule has 0 bridgehead atoms. The fourth-order valence-electron chi connectivity index (χ4n) is 3.91. The Kier molecular flexibility index (Phi) is 4.60. The van der Waals surface area contributed by atoms with E-state index in [1.54, 1.807) is 11.1 Å². The predicted octanol–water partition coefficient (Wildman–Crippen LogP) is 2.24. The second-order valence-electron chi connectivity index (χ2n) is 6.82. The summed E-state index contributed by atoms with van der Waals surface area (Å²) in [6.07, 6.45) is 7.45. The van der Waals surface area contributed by atoms with Crippen LogP contribution in [0.15, 0.2) is 36.7 Å². The zero-order valence-corrected chi connectivity index (χ0v) is 14.6. The van der Waals surface area contributed by atoms with Gasteiger partial charge in [-0.05, 0) is 37.3 Å². The second-order valence-corrected chi connectivity index (χ2v) is 6.82. The molecule has 0 saturated carbocycles. The number of carbonyl (C=O) groups excluding carboxylic acids is 2. The number of hydrogen-bond donors (Lipinski definition) is 2. The molecule has 3 amide bonds. The van der Waals surface area contributed by atoms with Crippen LogP contribution in [0.5, 0.6) is 0 Å². The number of amides is 3. The number of fused-ring (bicyclic) bond motifs is 1. The highest BCUT2D eigenvalue weighted by Crippen LogP contribution is 2.30. The number of urea groups is 1. The third-order valence-corrected chi connectivity index (χ3v) is 5.25. The van der Waals surface area contributed by atoms with Crippen molar-refractivity contribution in [1.82, 2.24) is 20.4 Å². The lowest BCUT2D eigenvalue weighted by molar-refractivity contribution is -0.117. The molecule has 0 spiro atoms. The third-order valence-electron chi connectivity index (χ3n) is 5.25. The first-order chi connectivity index (χ1) is 12.7. The molecule has 26 heavy (non-hydrogen) atoms. The lowest BCUT2D eigenvalue weighted by Crippen LogP contribution is -2.48. The van der Waals surface area contributed by atoms with Crippen LogP contribution in [-0.2, 0) is 11.2 Å². The predicted molar refractivity (Wildman–Crippen MR) is 97.8 cm³/mol. The number of piperidine rings is 1. The SMILES string of the molecule is O=C(CNC(=O)N1CCCCC1c1cn[nH]c1)N1CCc2ccccc21. The minimum absolute atomic E-state index is 0.0156. The first kappa shape index (κ1) is 16.6. The molecule has 1 fully saturated rings. The molecule has 136 valence electrons. The van der Waals surface area contributed by atoms with Gasteiger partial charge in [0.15, 0.2) is 0 Å². The van der Waals surface area contributed by atoms with E-state index >= 15 is 0 Å². The molecular weight excluding hydrogens is 330 g/mol. The lowest BCUT2D eigenvalue weighted by atomic mass is 9.98. The molecule has 3 heterocycles. The van der Waals surface area contributed by atoms with Crippen molar-refractivity contribution in [1.29, 1.82) is 0 Å². The smallest absolute Gasteiger partial charge is 0.318 e. The summed E-state index contributed by atoms with van der Waals surface area (Å²) in [5.74, 6) is -0.0693. The van der Waals surface area contributed by atoms with Crippen LogP contribution in [0.25, 0.3) is 0 Å². The van der Waals surface area contributed by atoms with Crippen molar-refractivity contribution in [3.63, 3.8) is 0 Å². The van der Waals surface area contributed by atoms with Crippen LogP contribution in [0.3, 0.4) is 0 Å². The molecule has 2 aromatic rings. The Bertz CT molecular complexity index is 789. The molecule has 1 atom stereocenters. The van der Waals surface area contributed by atoms with E-state index in [2.05, 4.69) is 15.5 Å². The average Bonchev–Trinajstić information content (AvgIpc) is 3.35. The first-order valence-electron chi connectivity index (χ1n) is 9.15. The summed E-state index contributed by atoms with van der Waals surface area (Å²) in [4.78, 5) is 28.8. The molecule has 2 aliphatic heterocycles. The number of para-hydroxylation sites is 1. The second kappa shape index (κ2) is 7.19. The van der Waals surface area contributed by atoms with Gasteiger partial charge < -0.3 is 15.1 Å². The van der Waals surface area contributed by atoms with Crippen molar-refractivity contribution in [2.45, 2.75) is 31.7 Å². The molecular formula is C19H23N5O2. The fraction of sp³-hybridized carbons (Fsp3) is 0.421. The number of anilines is 1. The number of carbonyl (C=O) groups is 2. The molecule has 2 aliphatic rings. The van der Waals surface area contributed by atoms with Crippen LogP contribution in [0.4, 0.5) is 10.5 Å². The minimum Gasteiger partial charge on any atom is -0.329 e. The van der Waals surface area contributed by atoms with E-state index < -0.39 is 0 Å². The van der Waals surface area contributed by atoms with E-state index in [9.17, 15) is 9.59 Å². The number of H-pyrrole nitrogens is 1. The van der Waals surface area contributed by atoms with Gasteiger partial charge >= 0.3 is 6.03 Å². The molecule has 1 saturated heterocycles. The summed E-state index contributed by atoms with van der Waals surface area (Å²) in [6, 6.07) is 7.76. The Morgan fingerprint density at radius 2 is 2.12 bits per heavy atom. The van der Waals surface area contributed by atoms with Crippen molar-refractivity contribution in [2.75, 3.05) is 24.5 Å². The van der Waals surface area contributed by atoms with Crippen molar-refractivity contribution < 1.29 is 9.59 Å². The van der Waals surface area contributed by atoms with Gasteiger partial charge in [0.25, 0.3) is 0 Å². The summed E-state index contributed by atoms with van der Waals surface area (Å²) in [5, 5.41) is 9.63. The normalized spacial score (nSPS) is 19.3. The summed E-state index contributed by atoms with van der Waals surface area (Å²) >= 11 is 0. The quantitative estimate of drug-likeness (QED) is 0.888. The van der Waals surface area contributed by atoms with Gasteiger partial charge in [0.1, 0.15) is 0 Å². The number of aromatic nitrogens is 2. The molecule has 2 N–H and O–H groups in total. The van der Waals surface area contributed by atoms with Crippen molar-refractivity contribution >= 4 is 17.6 Å². The van der Waals surface area contributed by atoms with E-state index in [1.165, 1.54) is 5.56 Å². The number of aromatic amines is 1. The Labute approximate surface area is 152 Å². The fourth-order valence-corrected chi connectivity index (χ4v) is 3.91. The highest BCUT2D eigenvalue weighted by atomic mass is 16.2. The highest BCUT2D eigenvalue weighted by Gasteiger charge is 2.30. The maximum absolute atomic E-state index is 12.7. The number of benzene rings is 1. The molecule has 7 heteroatoms. The molecule has 1 aromatic heterocycles. The van der Waals surface area contributed by atoms with Crippen molar-refractivity contribution in [3.8, 4) is 0 Å². The zero-order chi connectivity index (χ0) is 17.9. The van der Waals surface area contributed by atoms with Gasteiger partial charge in [0.05, 0.1) is 18.8 Å². The summed E-state index contributed by atoms with van der Waals surface area (Å²) in [7, 11) is 0. The molecule has 0 radical (unpaired) electrons. The van der Waals surface area contributed by atoms with Gasteiger partial charge in [-0.15, -0.1) is 0 Å². The van der Waals surface area contributed by atoms with Crippen LogP contribution in [0, 0.1) is 0 Å². The Morgan fingerprint density at radius 1 is 1.23 bits per heavy atom. The summed E-state index contributed by atoms with van der Waals surface area (Å²) in [6.45, 7) is 1.39. The number of rotatable bonds is 3. The molecule has 1 unspecified atom stereocenters. The number of likely N-dealkylation sites (tertiary alicyclic amines) is 1. The van der Waals surface area contributed by atoms with Crippen molar-refractivity contribution in [3.05, 3.63) is 47.8 Å². The maximum Gasteiger partial charge on any atom is 0.318 e. The Balaban J connectivity index is 1.38. The van der Waals surface area contributed by atoms with E-state index in [1.807, 2.05) is 35.4 Å². The summed E-state index contributed by atoms with van der Waals surface area (Å²) < 4.78 is 0. The van der Waals surface area contributed by atoms with Gasteiger partial charge in [-0.2, -0.15) is 5.10 Å². The van der Waals surface area contributed by atoms with Crippen LogP contribution in [0.1, 0.15) is 36.4 Å². The maximum atomic E-state index is 12.7. The van der Waals surface area contributed by atoms with E-state index in [-0.39, 0.29) is 24.5 Å². The molecule has 0 aliphatic carbocycles. The minimum atomic E-state index is -0.184. The topological polar surface area (TPSA) is 81.3 Å². The number of nitrogens with one attached hydrogen (secondary N) is 2. The van der Waals surface area contributed by atoms with Crippen molar-refractivity contribution in [2.24, 2.45) is 0 Å². The first-order valence-corrected chi connectivity index (χ1v) is 9.15. The monoisotopic (exact) mass is 353 g/mol. The number of nitrogens with zero attached hydrogens (tertiary/aromatic N) is 3. The standard InChI is InChI=1S/C19H23N5O2/c25-18(23-10-8-14-5-1-2-6-16(14)23)13-20-19(26)24-9-4-3-7-17(24)15-11-21-22-12-15/h1-2,5-6,11-12,17H,3-4,7-10,13H2,(H,20,26)(H,21,22). The average molecular weight is 353 g/mol. The van der Waals surface area contributed by atoms with E-state index in [0.717, 1.165) is 36.9 Å². The largest absolute Gasteiger partial charge is 0.329 e. The molecule has 1 aromatic carbocycles. The van der Waals surface area contributed by atoms with Gasteiger partial charge in [-0.25, -0.2) is 4.79 Å². The van der Waals surface area contributed by atoms with Gasteiger partial charge in [-0.3, -0.25) is 9.89 Å². The van der Waals surface area contributed by atoms with Crippen LogP contribution in [-0.4, -0.2) is 46.7 Å². The van der Waals surface area contributed by atoms with Gasteiger partial charge in [0.2, 0.25) is 5.91 Å². The van der Waals surface area contributed by atoms with E-state index in [0.29, 0.717) is 13.1 Å². The third kappa shape index (κ3) is 3.16. The van der Waals surface area contributed by atoms with E-state index in [4.69, 9.17) is 0 Å². The zero-order valence-electron chi connectivity index (χ0n) is 14.6. The van der Waals surface area contributed by atoms with Crippen LogP contribution >= 0.6 is 0 Å². The number of hydrogen-bond acceptors (Lipinski definition) is 3. The Morgan fingerprint density at radius 3 is 2.96 bits per heavy atom.